The summed E-state index contributed by atoms with van der Waals surface area (Å²) in [5, 5.41) is 2.69. The molecule has 1 aliphatic rings. The summed E-state index contributed by atoms with van der Waals surface area (Å²) in [6.07, 6.45) is 0. The van der Waals surface area contributed by atoms with Crippen molar-refractivity contribution in [2.45, 2.75) is 26.8 Å². The Morgan fingerprint density at radius 3 is 2.24 bits per heavy atom. The van der Waals surface area contributed by atoms with Gasteiger partial charge in [0.25, 0.3) is 0 Å². The minimum atomic E-state index is -0.0209. The summed E-state index contributed by atoms with van der Waals surface area (Å²) in [4.78, 5) is 15.6. The molecule has 0 saturated carbocycles. The number of piperazine rings is 1. The van der Waals surface area contributed by atoms with E-state index in [1.807, 2.05) is 0 Å². The van der Waals surface area contributed by atoms with Crippen LogP contribution < -0.4 is 5.32 Å². The smallest absolute Gasteiger partial charge is 0.216 e. The molecule has 1 N–H and O–H groups in total. The Bertz CT molecular complexity index is 279. The Balaban J connectivity index is 1.86. The lowest BCUT2D eigenvalue weighted by Gasteiger charge is -2.36. The second kappa shape index (κ2) is 11.0. The SMILES string of the molecule is CC(=O)NCCOCCOCCN1CCN(C(C)C)CC1. The number of carbonyl (C=O) groups is 1. The highest BCUT2D eigenvalue weighted by Gasteiger charge is 2.17. The van der Waals surface area contributed by atoms with E-state index in [0.29, 0.717) is 32.4 Å². The minimum Gasteiger partial charge on any atom is -0.378 e. The van der Waals surface area contributed by atoms with Crippen LogP contribution in [0.25, 0.3) is 0 Å². The molecule has 1 aliphatic heterocycles. The van der Waals surface area contributed by atoms with E-state index in [1.54, 1.807) is 0 Å². The van der Waals surface area contributed by atoms with Gasteiger partial charge in [0.05, 0.1) is 26.4 Å². The second-order valence-corrected chi connectivity index (χ2v) is 5.68. The quantitative estimate of drug-likeness (QED) is 0.584. The van der Waals surface area contributed by atoms with Crippen LogP contribution in [0.4, 0.5) is 0 Å². The average Bonchev–Trinajstić information content (AvgIpc) is 2.45. The van der Waals surface area contributed by atoms with E-state index < -0.39 is 0 Å². The number of rotatable bonds is 10. The molecule has 1 fully saturated rings. The van der Waals surface area contributed by atoms with E-state index in [-0.39, 0.29) is 5.91 Å². The fourth-order valence-electron chi connectivity index (χ4n) is 2.32. The molecule has 0 unspecified atom stereocenters. The molecule has 0 aromatic heterocycles. The average molecular weight is 301 g/mol. The van der Waals surface area contributed by atoms with Gasteiger partial charge in [-0.1, -0.05) is 0 Å². The van der Waals surface area contributed by atoms with Gasteiger partial charge in [0, 0.05) is 52.2 Å². The van der Waals surface area contributed by atoms with Crippen molar-refractivity contribution in [3.8, 4) is 0 Å². The van der Waals surface area contributed by atoms with Crippen molar-refractivity contribution in [3.05, 3.63) is 0 Å². The van der Waals surface area contributed by atoms with Crippen molar-refractivity contribution in [2.24, 2.45) is 0 Å². The highest BCUT2D eigenvalue weighted by molar-refractivity contribution is 5.72. The number of amides is 1. The van der Waals surface area contributed by atoms with Crippen LogP contribution >= 0.6 is 0 Å². The zero-order valence-electron chi connectivity index (χ0n) is 13.8. The molecule has 6 nitrogen and oxygen atoms in total. The molecule has 6 heteroatoms. The van der Waals surface area contributed by atoms with Crippen LogP contribution in [-0.4, -0.2) is 87.4 Å². The van der Waals surface area contributed by atoms with Crippen LogP contribution in [0.3, 0.4) is 0 Å². The van der Waals surface area contributed by atoms with E-state index in [0.717, 1.165) is 39.3 Å². The highest BCUT2D eigenvalue weighted by atomic mass is 16.5. The Labute approximate surface area is 128 Å². The van der Waals surface area contributed by atoms with Crippen LogP contribution in [0, 0.1) is 0 Å². The molecule has 1 saturated heterocycles. The van der Waals surface area contributed by atoms with Crippen molar-refractivity contribution < 1.29 is 14.3 Å². The van der Waals surface area contributed by atoms with Gasteiger partial charge in [-0.3, -0.25) is 14.6 Å². The molecule has 21 heavy (non-hydrogen) atoms. The van der Waals surface area contributed by atoms with Crippen LogP contribution in [0.1, 0.15) is 20.8 Å². The van der Waals surface area contributed by atoms with Gasteiger partial charge in [0.15, 0.2) is 0 Å². The van der Waals surface area contributed by atoms with E-state index in [1.165, 1.54) is 6.92 Å². The standard InChI is InChI=1S/C15H31N3O3/c1-14(2)18-7-5-17(6-8-18)9-11-21-13-12-20-10-4-16-15(3)19/h14H,4-13H2,1-3H3,(H,16,19). The van der Waals surface area contributed by atoms with Crippen molar-refractivity contribution in [1.82, 2.24) is 15.1 Å². The summed E-state index contributed by atoms with van der Waals surface area (Å²) in [6, 6.07) is 0.651. The summed E-state index contributed by atoms with van der Waals surface area (Å²) in [7, 11) is 0. The minimum absolute atomic E-state index is 0.0209. The second-order valence-electron chi connectivity index (χ2n) is 5.68. The summed E-state index contributed by atoms with van der Waals surface area (Å²) in [5.74, 6) is -0.0209. The third-order valence-corrected chi connectivity index (χ3v) is 3.68. The topological polar surface area (TPSA) is 54.0 Å². The molecule has 0 aromatic carbocycles. The number of hydrogen-bond donors (Lipinski definition) is 1. The molecule has 124 valence electrons. The molecule has 0 atom stereocenters. The Hall–Kier alpha value is -0.690. The number of ether oxygens (including phenoxy) is 2. The van der Waals surface area contributed by atoms with E-state index in [9.17, 15) is 4.79 Å². The molecule has 0 spiro atoms. The van der Waals surface area contributed by atoms with Gasteiger partial charge in [-0.15, -0.1) is 0 Å². The van der Waals surface area contributed by atoms with Gasteiger partial charge in [0.1, 0.15) is 0 Å². The van der Waals surface area contributed by atoms with Crippen molar-refractivity contribution in [1.29, 1.82) is 0 Å². The lowest BCUT2D eigenvalue weighted by atomic mass is 10.2. The molecule has 0 aliphatic carbocycles. The molecule has 0 radical (unpaired) electrons. The maximum atomic E-state index is 10.6. The van der Waals surface area contributed by atoms with Crippen molar-refractivity contribution >= 4 is 5.91 Å². The van der Waals surface area contributed by atoms with E-state index in [4.69, 9.17) is 9.47 Å². The van der Waals surface area contributed by atoms with Crippen molar-refractivity contribution in [2.75, 3.05) is 65.7 Å². The Kier molecular flexibility index (Phi) is 9.58. The molecule has 1 rings (SSSR count). The first kappa shape index (κ1) is 18.4. The van der Waals surface area contributed by atoms with Crippen LogP contribution in [0.5, 0.6) is 0 Å². The molecule has 0 aromatic rings. The lowest BCUT2D eigenvalue weighted by Crippen LogP contribution is -2.49. The summed E-state index contributed by atoms with van der Waals surface area (Å²) in [5.41, 5.74) is 0. The Morgan fingerprint density at radius 2 is 1.67 bits per heavy atom. The van der Waals surface area contributed by atoms with Gasteiger partial charge in [-0.25, -0.2) is 0 Å². The predicted octanol–water partition coefficient (Wildman–Crippen LogP) is 0.182. The largest absolute Gasteiger partial charge is 0.378 e. The summed E-state index contributed by atoms with van der Waals surface area (Å²) >= 11 is 0. The number of nitrogens with zero attached hydrogens (tertiary/aromatic N) is 2. The van der Waals surface area contributed by atoms with Crippen LogP contribution in [0.2, 0.25) is 0 Å². The van der Waals surface area contributed by atoms with E-state index in [2.05, 4.69) is 29.0 Å². The maximum Gasteiger partial charge on any atom is 0.216 e. The van der Waals surface area contributed by atoms with E-state index >= 15 is 0 Å². The molecular formula is C15H31N3O3. The molecular weight excluding hydrogens is 270 g/mol. The van der Waals surface area contributed by atoms with Gasteiger partial charge in [-0.2, -0.15) is 0 Å². The first-order chi connectivity index (χ1) is 10.1. The monoisotopic (exact) mass is 301 g/mol. The zero-order chi connectivity index (χ0) is 15.5. The maximum absolute atomic E-state index is 10.6. The van der Waals surface area contributed by atoms with Gasteiger partial charge >= 0.3 is 0 Å². The highest BCUT2D eigenvalue weighted by Crippen LogP contribution is 2.05. The lowest BCUT2D eigenvalue weighted by molar-refractivity contribution is -0.119. The van der Waals surface area contributed by atoms with Gasteiger partial charge < -0.3 is 14.8 Å². The molecule has 0 bridgehead atoms. The first-order valence-electron chi connectivity index (χ1n) is 7.96. The Morgan fingerprint density at radius 1 is 1.05 bits per heavy atom. The number of carbonyl (C=O) groups excluding carboxylic acids is 1. The fraction of sp³-hybridized carbons (Fsp3) is 0.933. The van der Waals surface area contributed by atoms with Gasteiger partial charge in [-0.05, 0) is 13.8 Å². The third kappa shape index (κ3) is 9.03. The normalized spacial score (nSPS) is 17.3. The summed E-state index contributed by atoms with van der Waals surface area (Å²) < 4.78 is 10.9. The van der Waals surface area contributed by atoms with Gasteiger partial charge in [0.2, 0.25) is 5.91 Å². The van der Waals surface area contributed by atoms with Crippen LogP contribution in [0.15, 0.2) is 0 Å². The third-order valence-electron chi connectivity index (χ3n) is 3.68. The first-order valence-corrected chi connectivity index (χ1v) is 7.96. The molecule has 1 heterocycles. The zero-order valence-corrected chi connectivity index (χ0v) is 13.8. The number of hydrogen-bond acceptors (Lipinski definition) is 5. The number of nitrogens with one attached hydrogen (secondary N) is 1. The van der Waals surface area contributed by atoms with Crippen LogP contribution in [-0.2, 0) is 14.3 Å². The predicted molar refractivity (Wildman–Crippen MR) is 83.5 cm³/mol. The van der Waals surface area contributed by atoms with Crippen molar-refractivity contribution in [3.63, 3.8) is 0 Å². The summed E-state index contributed by atoms with van der Waals surface area (Å²) in [6.45, 7) is 14.7. The molecule has 1 amide bonds. The fourth-order valence-corrected chi connectivity index (χ4v) is 2.32.